The van der Waals surface area contributed by atoms with Gasteiger partial charge in [-0.1, -0.05) is 13.0 Å². The van der Waals surface area contributed by atoms with Crippen LogP contribution in [0.25, 0.3) is 11.1 Å². The average Bonchev–Trinajstić information content (AvgIpc) is 2.80. The third-order valence-corrected chi connectivity index (χ3v) is 8.17. The van der Waals surface area contributed by atoms with Crippen molar-refractivity contribution in [1.82, 2.24) is 0 Å². The summed E-state index contributed by atoms with van der Waals surface area (Å²) in [7, 11) is 0. The van der Waals surface area contributed by atoms with E-state index in [0.29, 0.717) is 0 Å². The zero-order valence-corrected chi connectivity index (χ0v) is 23.2. The first-order chi connectivity index (χ1) is 15.8. The molecule has 4 heteroatoms. The minimum Gasteiger partial charge on any atom is -0.465 e. The van der Waals surface area contributed by atoms with Gasteiger partial charge in [-0.05, 0) is 137 Å². The fourth-order valence-corrected chi connectivity index (χ4v) is 4.97. The Labute approximate surface area is 206 Å². The van der Waals surface area contributed by atoms with Gasteiger partial charge in [0.05, 0.1) is 13.2 Å². The Morgan fingerprint density at radius 1 is 0.706 bits per heavy atom. The van der Waals surface area contributed by atoms with Gasteiger partial charge in [0, 0.05) is 5.92 Å². The lowest BCUT2D eigenvalue weighted by atomic mass is 9.70. The Hall–Kier alpha value is -2.62. The second kappa shape index (κ2) is 10.3. The molecule has 34 heavy (non-hydrogen) atoms. The van der Waals surface area contributed by atoms with Crippen LogP contribution >= 0.6 is 0 Å². The van der Waals surface area contributed by atoms with E-state index in [4.69, 9.17) is 9.47 Å². The Bertz CT molecular complexity index is 1080. The number of rotatable bonds is 7. The van der Waals surface area contributed by atoms with Crippen LogP contribution in [0.4, 0.5) is 0 Å². The molecule has 0 saturated carbocycles. The van der Waals surface area contributed by atoms with Gasteiger partial charge in [-0.3, -0.25) is 9.59 Å². The number of hydrogen-bond acceptors (Lipinski definition) is 4. The predicted octanol–water partition coefficient (Wildman–Crippen LogP) is 7.06. The molecule has 0 aromatic heterocycles. The maximum atomic E-state index is 13.2. The summed E-state index contributed by atoms with van der Waals surface area (Å²) in [5, 5.41) is 0. The lowest BCUT2D eigenvalue weighted by molar-refractivity contribution is -0.172. The molecule has 0 aliphatic carbocycles. The second-order valence-corrected chi connectivity index (χ2v) is 9.77. The molecule has 1 atom stereocenters. The highest BCUT2D eigenvalue weighted by molar-refractivity contribution is 6.01. The van der Waals surface area contributed by atoms with Crippen LogP contribution in [-0.4, -0.2) is 25.2 Å². The molecular weight excluding hydrogens is 424 g/mol. The highest BCUT2D eigenvalue weighted by atomic mass is 16.6. The van der Waals surface area contributed by atoms with Crippen molar-refractivity contribution in [3.63, 3.8) is 0 Å². The van der Waals surface area contributed by atoms with Crippen LogP contribution < -0.4 is 0 Å². The Morgan fingerprint density at radius 3 is 1.50 bits per heavy atom. The molecule has 0 heterocycles. The second-order valence-electron chi connectivity index (χ2n) is 9.77. The maximum Gasteiger partial charge on any atom is 0.323 e. The molecule has 2 aromatic carbocycles. The summed E-state index contributed by atoms with van der Waals surface area (Å²) in [4.78, 5) is 26.5. The normalized spacial score (nSPS) is 12.5. The summed E-state index contributed by atoms with van der Waals surface area (Å²) in [6.07, 6.45) is 0. The topological polar surface area (TPSA) is 52.6 Å². The first kappa shape index (κ1) is 27.6. The Kier molecular flexibility index (Phi) is 8.39. The standard InChI is InChI=1S/C30H42O4/c1-13-33-28(31)30(12,29(32)34-14-2)24(11)25-15-16(3)17(4)21(8)27(25)26-22(9)19(6)18(5)20(7)23(26)10/h15,24H,13-14H2,1-12H3. The lowest BCUT2D eigenvalue weighted by Crippen LogP contribution is -2.43. The molecular formula is C30H42O4. The molecule has 0 saturated heterocycles. The van der Waals surface area contributed by atoms with Crippen molar-refractivity contribution >= 4 is 11.9 Å². The van der Waals surface area contributed by atoms with Crippen molar-refractivity contribution in [2.75, 3.05) is 13.2 Å². The third kappa shape index (κ3) is 4.39. The van der Waals surface area contributed by atoms with Crippen LogP contribution in [-0.2, 0) is 19.1 Å². The smallest absolute Gasteiger partial charge is 0.323 e. The zero-order valence-electron chi connectivity index (χ0n) is 23.2. The fourth-order valence-electron chi connectivity index (χ4n) is 4.97. The predicted molar refractivity (Wildman–Crippen MR) is 140 cm³/mol. The van der Waals surface area contributed by atoms with Gasteiger partial charge in [0.15, 0.2) is 5.41 Å². The van der Waals surface area contributed by atoms with Crippen molar-refractivity contribution in [2.24, 2.45) is 5.41 Å². The van der Waals surface area contributed by atoms with E-state index in [-0.39, 0.29) is 13.2 Å². The van der Waals surface area contributed by atoms with Gasteiger partial charge in [-0.15, -0.1) is 0 Å². The SMILES string of the molecule is CCOC(=O)C(C)(C(=O)OCC)C(C)c1cc(C)c(C)c(C)c1-c1c(C)c(C)c(C)c(C)c1C. The van der Waals surface area contributed by atoms with Crippen molar-refractivity contribution in [3.8, 4) is 11.1 Å². The Balaban J connectivity index is 3.00. The highest BCUT2D eigenvalue weighted by Crippen LogP contribution is 2.47. The van der Waals surface area contributed by atoms with Crippen LogP contribution in [0.5, 0.6) is 0 Å². The van der Waals surface area contributed by atoms with E-state index in [0.717, 1.165) is 16.7 Å². The molecule has 1 unspecified atom stereocenters. The summed E-state index contributed by atoms with van der Waals surface area (Å²) in [6, 6.07) is 2.14. The van der Waals surface area contributed by atoms with E-state index in [1.54, 1.807) is 20.8 Å². The highest BCUT2D eigenvalue weighted by Gasteiger charge is 2.50. The molecule has 0 aliphatic heterocycles. The molecule has 0 aliphatic rings. The van der Waals surface area contributed by atoms with Crippen molar-refractivity contribution in [2.45, 2.75) is 89.0 Å². The van der Waals surface area contributed by atoms with Crippen molar-refractivity contribution < 1.29 is 19.1 Å². The number of hydrogen-bond donors (Lipinski definition) is 0. The molecule has 0 amide bonds. The molecule has 0 N–H and O–H groups in total. The quantitative estimate of drug-likeness (QED) is 0.324. The van der Waals surface area contributed by atoms with E-state index < -0.39 is 23.3 Å². The maximum absolute atomic E-state index is 13.2. The molecule has 186 valence electrons. The van der Waals surface area contributed by atoms with Crippen LogP contribution in [0.3, 0.4) is 0 Å². The van der Waals surface area contributed by atoms with Gasteiger partial charge in [0.1, 0.15) is 0 Å². The van der Waals surface area contributed by atoms with E-state index in [1.807, 2.05) is 6.92 Å². The van der Waals surface area contributed by atoms with Gasteiger partial charge in [0.2, 0.25) is 0 Å². The Morgan fingerprint density at radius 2 is 1.09 bits per heavy atom. The van der Waals surface area contributed by atoms with E-state index in [9.17, 15) is 9.59 Å². The molecule has 0 spiro atoms. The van der Waals surface area contributed by atoms with Gasteiger partial charge in [-0.25, -0.2) is 0 Å². The molecule has 2 aromatic rings. The summed E-state index contributed by atoms with van der Waals surface area (Å²) >= 11 is 0. The zero-order chi connectivity index (χ0) is 26.1. The van der Waals surface area contributed by atoms with Crippen molar-refractivity contribution in [3.05, 3.63) is 56.1 Å². The summed E-state index contributed by atoms with van der Waals surface area (Å²) < 4.78 is 10.8. The first-order valence-electron chi connectivity index (χ1n) is 12.3. The van der Waals surface area contributed by atoms with E-state index in [1.165, 1.54) is 44.5 Å². The number of aryl methyl sites for hydroxylation is 1. The van der Waals surface area contributed by atoms with Gasteiger partial charge in [-0.2, -0.15) is 0 Å². The molecule has 0 fully saturated rings. The third-order valence-electron chi connectivity index (χ3n) is 8.17. The molecule has 4 nitrogen and oxygen atoms in total. The van der Waals surface area contributed by atoms with Crippen LogP contribution in [0.1, 0.15) is 83.7 Å². The minimum absolute atomic E-state index is 0.202. The summed E-state index contributed by atoms with van der Waals surface area (Å²) in [6.45, 7) is 24.7. The van der Waals surface area contributed by atoms with Gasteiger partial charge in [0.25, 0.3) is 0 Å². The number of benzene rings is 2. The van der Waals surface area contributed by atoms with Crippen LogP contribution in [0, 0.1) is 60.8 Å². The lowest BCUT2D eigenvalue weighted by Gasteiger charge is -2.34. The summed E-state index contributed by atoms with van der Waals surface area (Å²) in [5.41, 5.74) is 11.6. The van der Waals surface area contributed by atoms with Crippen molar-refractivity contribution in [1.29, 1.82) is 0 Å². The largest absolute Gasteiger partial charge is 0.465 e. The average molecular weight is 467 g/mol. The summed E-state index contributed by atoms with van der Waals surface area (Å²) in [5.74, 6) is -1.56. The molecule has 0 bridgehead atoms. The minimum atomic E-state index is -1.47. The van der Waals surface area contributed by atoms with Gasteiger partial charge >= 0.3 is 11.9 Å². The number of ether oxygens (including phenoxy) is 2. The first-order valence-corrected chi connectivity index (χ1v) is 12.3. The monoisotopic (exact) mass is 466 g/mol. The number of esters is 2. The van der Waals surface area contributed by atoms with E-state index in [2.05, 4.69) is 61.5 Å². The number of carbonyl (C=O) groups excluding carboxylic acids is 2. The van der Waals surface area contributed by atoms with E-state index >= 15 is 0 Å². The van der Waals surface area contributed by atoms with Crippen LogP contribution in [0.15, 0.2) is 6.07 Å². The molecule has 0 radical (unpaired) electrons. The van der Waals surface area contributed by atoms with Crippen LogP contribution in [0.2, 0.25) is 0 Å². The van der Waals surface area contributed by atoms with Gasteiger partial charge < -0.3 is 9.47 Å². The molecule has 2 rings (SSSR count). The number of carbonyl (C=O) groups is 2. The fraction of sp³-hybridized carbons (Fsp3) is 0.533.